The van der Waals surface area contributed by atoms with E-state index in [1.807, 2.05) is 0 Å². The molecule has 0 unspecified atom stereocenters. The van der Waals surface area contributed by atoms with Crippen LogP contribution in [0.3, 0.4) is 0 Å². The molecule has 0 amide bonds. The maximum absolute atomic E-state index is 14.6. The fraction of sp³-hybridized carbons (Fsp3) is 0.167. The van der Waals surface area contributed by atoms with E-state index in [-0.39, 0.29) is 16.9 Å². The Bertz CT molecular complexity index is 1160. The summed E-state index contributed by atoms with van der Waals surface area (Å²) in [5.41, 5.74) is 0.467. The standard InChI is InChI=1S/C24H15F7/c1-14-2-5-16(20(25)10-14)6-3-15-4-7-18(21(26)11-15)17-12-22(27)19(23(28)13-17)8-9-24(29,30)31/h2,4-5,7,10-13H,3,6H2,1H3. The fourth-order valence-corrected chi connectivity index (χ4v) is 3.06. The zero-order valence-corrected chi connectivity index (χ0v) is 16.2. The Kier molecular flexibility index (Phi) is 6.40. The second-order valence-corrected chi connectivity index (χ2v) is 6.97. The van der Waals surface area contributed by atoms with Crippen molar-refractivity contribution in [2.75, 3.05) is 0 Å². The van der Waals surface area contributed by atoms with E-state index in [1.165, 1.54) is 30.2 Å². The summed E-state index contributed by atoms with van der Waals surface area (Å²) in [6.07, 6.45) is -4.23. The van der Waals surface area contributed by atoms with Gasteiger partial charge in [-0.25, -0.2) is 17.6 Å². The lowest BCUT2D eigenvalue weighted by Gasteiger charge is -2.09. The van der Waals surface area contributed by atoms with Crippen LogP contribution >= 0.6 is 0 Å². The van der Waals surface area contributed by atoms with Gasteiger partial charge in [0.2, 0.25) is 0 Å². The minimum Gasteiger partial charge on any atom is -0.207 e. The van der Waals surface area contributed by atoms with Crippen LogP contribution in [0, 0.1) is 42.0 Å². The van der Waals surface area contributed by atoms with Crippen molar-refractivity contribution >= 4 is 0 Å². The summed E-state index contributed by atoms with van der Waals surface area (Å²) in [6, 6.07) is 10.3. The highest BCUT2D eigenvalue weighted by atomic mass is 19.4. The zero-order valence-electron chi connectivity index (χ0n) is 16.2. The summed E-state index contributed by atoms with van der Waals surface area (Å²) >= 11 is 0. The van der Waals surface area contributed by atoms with Crippen LogP contribution in [0.2, 0.25) is 0 Å². The first kappa shape index (κ1) is 22.4. The molecule has 0 heterocycles. The van der Waals surface area contributed by atoms with Crippen LogP contribution in [0.5, 0.6) is 0 Å². The minimum absolute atomic E-state index is 0.126. The van der Waals surface area contributed by atoms with Gasteiger partial charge in [-0.05, 0) is 66.3 Å². The first-order valence-electron chi connectivity index (χ1n) is 9.16. The largest absolute Gasteiger partial charge is 0.458 e. The van der Waals surface area contributed by atoms with E-state index in [9.17, 15) is 30.7 Å². The Balaban J connectivity index is 1.83. The third-order valence-electron chi connectivity index (χ3n) is 4.61. The number of hydrogen-bond donors (Lipinski definition) is 0. The van der Waals surface area contributed by atoms with E-state index in [0.29, 0.717) is 24.0 Å². The molecular weight excluding hydrogens is 421 g/mol. The Morgan fingerprint density at radius 2 is 1.42 bits per heavy atom. The van der Waals surface area contributed by atoms with Crippen molar-refractivity contribution in [3.05, 3.63) is 94.1 Å². The summed E-state index contributed by atoms with van der Waals surface area (Å²) in [5, 5.41) is 0. The minimum atomic E-state index is -4.90. The molecule has 31 heavy (non-hydrogen) atoms. The van der Waals surface area contributed by atoms with E-state index in [2.05, 4.69) is 0 Å². The van der Waals surface area contributed by atoms with Gasteiger partial charge < -0.3 is 0 Å². The fourth-order valence-electron chi connectivity index (χ4n) is 3.06. The van der Waals surface area contributed by atoms with Crippen LogP contribution in [0.4, 0.5) is 30.7 Å². The summed E-state index contributed by atoms with van der Waals surface area (Å²) in [5.74, 6) is -1.56. The van der Waals surface area contributed by atoms with Crippen LogP contribution in [-0.2, 0) is 12.8 Å². The lowest BCUT2D eigenvalue weighted by atomic mass is 9.98. The molecule has 0 aromatic heterocycles. The number of hydrogen-bond acceptors (Lipinski definition) is 0. The Labute approximate surface area is 174 Å². The molecular formula is C24H15F7. The van der Waals surface area contributed by atoms with E-state index >= 15 is 0 Å². The van der Waals surface area contributed by atoms with Gasteiger partial charge in [0.15, 0.2) is 0 Å². The topological polar surface area (TPSA) is 0 Å². The highest BCUT2D eigenvalue weighted by molar-refractivity contribution is 5.66. The SMILES string of the molecule is Cc1ccc(CCc2ccc(-c3cc(F)c(C#CC(F)(F)F)c(F)c3)c(F)c2)c(F)c1. The number of halogens is 7. The van der Waals surface area contributed by atoms with Crippen molar-refractivity contribution in [3.8, 4) is 23.0 Å². The summed E-state index contributed by atoms with van der Waals surface area (Å²) < 4.78 is 93.2. The zero-order chi connectivity index (χ0) is 22.8. The molecule has 0 spiro atoms. The van der Waals surface area contributed by atoms with Crippen molar-refractivity contribution in [1.82, 2.24) is 0 Å². The lowest BCUT2D eigenvalue weighted by molar-refractivity contribution is -0.0696. The van der Waals surface area contributed by atoms with Crippen LogP contribution < -0.4 is 0 Å². The Hall–Kier alpha value is -3.27. The number of aryl methyl sites for hydroxylation is 3. The molecule has 0 saturated carbocycles. The molecule has 0 nitrogen and oxygen atoms in total. The first-order valence-corrected chi connectivity index (χ1v) is 9.16. The van der Waals surface area contributed by atoms with Crippen LogP contribution in [0.15, 0.2) is 48.5 Å². The molecule has 3 rings (SSSR count). The Morgan fingerprint density at radius 3 is 2.00 bits per heavy atom. The van der Waals surface area contributed by atoms with Gasteiger partial charge in [-0.1, -0.05) is 30.2 Å². The van der Waals surface area contributed by atoms with Gasteiger partial charge in [-0.2, -0.15) is 13.2 Å². The van der Waals surface area contributed by atoms with Crippen molar-refractivity contribution < 1.29 is 30.7 Å². The van der Waals surface area contributed by atoms with Gasteiger partial charge >= 0.3 is 6.18 Å². The van der Waals surface area contributed by atoms with E-state index in [0.717, 1.165) is 23.6 Å². The molecule has 0 bridgehead atoms. The molecule has 0 saturated heterocycles. The van der Waals surface area contributed by atoms with Crippen LogP contribution in [0.25, 0.3) is 11.1 Å². The summed E-state index contributed by atoms with van der Waals surface area (Å²) in [7, 11) is 0. The van der Waals surface area contributed by atoms with Gasteiger partial charge in [-0.15, -0.1) is 0 Å². The molecule has 3 aromatic carbocycles. The normalized spacial score (nSPS) is 11.2. The Morgan fingerprint density at radius 1 is 0.742 bits per heavy atom. The molecule has 160 valence electrons. The van der Waals surface area contributed by atoms with Crippen molar-refractivity contribution in [3.63, 3.8) is 0 Å². The van der Waals surface area contributed by atoms with Crippen molar-refractivity contribution in [1.29, 1.82) is 0 Å². The molecule has 0 aliphatic carbocycles. The maximum Gasteiger partial charge on any atom is 0.458 e. The average molecular weight is 436 g/mol. The second-order valence-electron chi connectivity index (χ2n) is 6.97. The highest BCUT2D eigenvalue weighted by Crippen LogP contribution is 2.28. The number of rotatable bonds is 4. The molecule has 0 N–H and O–H groups in total. The van der Waals surface area contributed by atoms with Gasteiger partial charge in [0, 0.05) is 11.5 Å². The molecule has 0 aliphatic heterocycles. The first-order chi connectivity index (χ1) is 14.5. The van der Waals surface area contributed by atoms with Gasteiger partial charge in [0.25, 0.3) is 0 Å². The molecule has 0 fully saturated rings. The van der Waals surface area contributed by atoms with E-state index in [1.54, 1.807) is 19.1 Å². The summed E-state index contributed by atoms with van der Waals surface area (Å²) in [4.78, 5) is 0. The highest BCUT2D eigenvalue weighted by Gasteiger charge is 2.23. The molecule has 0 radical (unpaired) electrons. The van der Waals surface area contributed by atoms with Crippen molar-refractivity contribution in [2.45, 2.75) is 25.9 Å². The second kappa shape index (κ2) is 8.84. The van der Waals surface area contributed by atoms with Crippen molar-refractivity contribution in [2.24, 2.45) is 0 Å². The van der Waals surface area contributed by atoms with E-state index in [4.69, 9.17) is 0 Å². The summed E-state index contributed by atoms with van der Waals surface area (Å²) in [6.45, 7) is 1.77. The molecule has 0 aliphatic rings. The van der Waals surface area contributed by atoms with Gasteiger partial charge in [0.1, 0.15) is 23.3 Å². The maximum atomic E-state index is 14.6. The molecule has 0 atom stereocenters. The lowest BCUT2D eigenvalue weighted by Crippen LogP contribution is -2.02. The van der Waals surface area contributed by atoms with Crippen LogP contribution in [-0.4, -0.2) is 6.18 Å². The number of alkyl halides is 3. The molecule has 3 aromatic rings. The van der Waals surface area contributed by atoms with E-state index < -0.39 is 29.2 Å². The molecule has 7 heteroatoms. The monoisotopic (exact) mass is 436 g/mol. The predicted octanol–water partition coefficient (Wildman–Crippen LogP) is 6.92. The van der Waals surface area contributed by atoms with Gasteiger partial charge in [0.05, 0.1) is 5.56 Å². The quantitative estimate of drug-likeness (QED) is 0.308. The van der Waals surface area contributed by atoms with Crippen LogP contribution in [0.1, 0.15) is 22.3 Å². The van der Waals surface area contributed by atoms with Gasteiger partial charge in [-0.3, -0.25) is 0 Å². The predicted molar refractivity (Wildman–Crippen MR) is 103 cm³/mol. The third kappa shape index (κ3) is 5.66. The third-order valence-corrected chi connectivity index (χ3v) is 4.61. The average Bonchev–Trinajstić information content (AvgIpc) is 2.65. The number of benzene rings is 3. The smallest absolute Gasteiger partial charge is 0.207 e.